The quantitative estimate of drug-likeness (QED) is 0.851. The average Bonchev–Trinajstić information content (AvgIpc) is 2.47. The van der Waals surface area contributed by atoms with Gasteiger partial charge in [-0.2, -0.15) is 5.26 Å². The van der Waals surface area contributed by atoms with E-state index >= 15 is 0 Å². The molecule has 1 saturated carbocycles. The van der Waals surface area contributed by atoms with Crippen LogP contribution in [0.3, 0.4) is 0 Å². The van der Waals surface area contributed by atoms with Crippen LogP contribution in [0, 0.1) is 11.3 Å². The molecule has 2 rings (SSSR count). The van der Waals surface area contributed by atoms with Crippen molar-refractivity contribution in [1.29, 1.82) is 5.26 Å². The molecule has 2 aliphatic rings. The molecule has 1 saturated heterocycles. The van der Waals surface area contributed by atoms with E-state index in [1.54, 1.807) is 4.90 Å². The van der Waals surface area contributed by atoms with Gasteiger partial charge in [-0.25, -0.2) is 4.79 Å². The summed E-state index contributed by atoms with van der Waals surface area (Å²) in [5, 5.41) is 13.3. The van der Waals surface area contributed by atoms with Crippen molar-refractivity contribution < 1.29 is 9.53 Å². The number of hydrogen-bond acceptors (Lipinski definition) is 4. The first-order valence-electron chi connectivity index (χ1n) is 8.50. The van der Waals surface area contributed by atoms with Crippen LogP contribution in [0.2, 0.25) is 0 Å². The number of piperidine rings is 1. The van der Waals surface area contributed by atoms with Crippen LogP contribution in [-0.4, -0.2) is 41.3 Å². The van der Waals surface area contributed by atoms with Crippen LogP contribution >= 0.6 is 0 Å². The maximum absolute atomic E-state index is 12.3. The molecule has 1 heterocycles. The van der Waals surface area contributed by atoms with Gasteiger partial charge in [0.05, 0.1) is 12.6 Å². The molecule has 1 aliphatic carbocycles. The van der Waals surface area contributed by atoms with E-state index in [0.29, 0.717) is 19.1 Å². The predicted octanol–water partition coefficient (Wildman–Crippen LogP) is 3.20. The molecule has 0 aromatic carbocycles. The van der Waals surface area contributed by atoms with E-state index in [4.69, 9.17) is 4.74 Å². The first kappa shape index (κ1) is 17.1. The maximum Gasteiger partial charge on any atom is 0.410 e. The number of ether oxygens (including phenoxy) is 1. The van der Waals surface area contributed by atoms with Gasteiger partial charge in [0.15, 0.2) is 0 Å². The molecule has 22 heavy (non-hydrogen) atoms. The summed E-state index contributed by atoms with van der Waals surface area (Å²) in [7, 11) is 0. The standard InChI is InChI=1S/C17H29N3O2/c1-16(2,3)22-15(21)20-11-7-10-17(12-18,13-20)19-14-8-5-4-6-9-14/h14,19H,4-11,13H2,1-3H3. The minimum Gasteiger partial charge on any atom is -0.444 e. The molecular weight excluding hydrogens is 278 g/mol. The topological polar surface area (TPSA) is 65.4 Å². The van der Waals surface area contributed by atoms with Crippen LogP contribution < -0.4 is 5.32 Å². The Labute approximate surface area is 134 Å². The highest BCUT2D eigenvalue weighted by Crippen LogP contribution is 2.26. The molecule has 1 unspecified atom stereocenters. The van der Waals surface area contributed by atoms with Gasteiger partial charge in [-0.1, -0.05) is 19.3 Å². The molecule has 1 N–H and O–H groups in total. The molecule has 0 radical (unpaired) electrons. The van der Waals surface area contributed by atoms with Crippen LogP contribution in [0.5, 0.6) is 0 Å². The fourth-order valence-corrected chi connectivity index (χ4v) is 3.42. The lowest BCUT2D eigenvalue weighted by Gasteiger charge is -2.41. The van der Waals surface area contributed by atoms with Crippen LogP contribution in [0.25, 0.3) is 0 Å². The minimum absolute atomic E-state index is 0.308. The van der Waals surface area contributed by atoms with E-state index in [1.165, 1.54) is 19.3 Å². The zero-order valence-corrected chi connectivity index (χ0v) is 14.2. The van der Waals surface area contributed by atoms with Crippen LogP contribution in [0.15, 0.2) is 0 Å². The Kier molecular flexibility index (Phi) is 5.33. The van der Waals surface area contributed by atoms with Crippen molar-refractivity contribution in [2.24, 2.45) is 0 Å². The molecule has 0 aromatic heterocycles. The summed E-state index contributed by atoms with van der Waals surface area (Å²) in [5.41, 5.74) is -1.11. The van der Waals surface area contributed by atoms with Gasteiger partial charge in [0.1, 0.15) is 11.1 Å². The summed E-state index contributed by atoms with van der Waals surface area (Å²) in [6, 6.07) is 2.86. The fourth-order valence-electron chi connectivity index (χ4n) is 3.42. The lowest BCUT2D eigenvalue weighted by molar-refractivity contribution is 0.0140. The summed E-state index contributed by atoms with van der Waals surface area (Å²) in [6.07, 6.45) is 7.36. The maximum atomic E-state index is 12.3. The molecule has 1 amide bonds. The minimum atomic E-state index is -0.614. The zero-order valence-electron chi connectivity index (χ0n) is 14.2. The van der Waals surface area contributed by atoms with Crippen molar-refractivity contribution in [3.63, 3.8) is 0 Å². The zero-order chi connectivity index (χ0) is 16.2. The van der Waals surface area contributed by atoms with Gasteiger partial charge in [0.2, 0.25) is 0 Å². The third-order valence-corrected chi connectivity index (χ3v) is 4.44. The normalized spacial score (nSPS) is 27.3. The Morgan fingerprint density at radius 2 is 1.95 bits per heavy atom. The lowest BCUT2D eigenvalue weighted by atomic mass is 9.86. The SMILES string of the molecule is CC(C)(C)OC(=O)N1CCCC(C#N)(NC2CCCCC2)C1. The Morgan fingerprint density at radius 1 is 1.27 bits per heavy atom. The number of rotatable bonds is 2. The van der Waals surface area contributed by atoms with E-state index in [-0.39, 0.29) is 6.09 Å². The monoisotopic (exact) mass is 307 g/mol. The summed E-state index contributed by atoms with van der Waals surface area (Å²) in [4.78, 5) is 14.0. The van der Waals surface area contributed by atoms with Crippen LogP contribution in [-0.2, 0) is 4.74 Å². The summed E-state index contributed by atoms with van der Waals surface area (Å²) < 4.78 is 5.45. The molecule has 5 heteroatoms. The second-order valence-corrected chi connectivity index (χ2v) is 7.68. The van der Waals surface area contributed by atoms with E-state index in [2.05, 4.69) is 11.4 Å². The van der Waals surface area contributed by atoms with Gasteiger partial charge < -0.3 is 9.64 Å². The second-order valence-electron chi connectivity index (χ2n) is 7.68. The van der Waals surface area contributed by atoms with Crippen LogP contribution in [0.1, 0.15) is 65.7 Å². The Hall–Kier alpha value is -1.28. The highest BCUT2D eigenvalue weighted by atomic mass is 16.6. The number of hydrogen-bond donors (Lipinski definition) is 1. The van der Waals surface area contributed by atoms with Gasteiger partial charge in [0, 0.05) is 12.6 Å². The Bertz CT molecular complexity index is 432. The number of amides is 1. The van der Waals surface area contributed by atoms with Crippen molar-refractivity contribution in [3.8, 4) is 6.07 Å². The molecular formula is C17H29N3O2. The smallest absolute Gasteiger partial charge is 0.410 e. The first-order valence-corrected chi connectivity index (χ1v) is 8.50. The molecule has 0 spiro atoms. The Balaban J connectivity index is 1.99. The van der Waals surface area contributed by atoms with Gasteiger partial charge in [-0.05, 0) is 46.5 Å². The van der Waals surface area contributed by atoms with Gasteiger partial charge in [-0.3, -0.25) is 5.32 Å². The third kappa shape index (κ3) is 4.61. The van der Waals surface area contributed by atoms with Crippen molar-refractivity contribution in [2.45, 2.75) is 82.9 Å². The summed E-state index contributed by atoms with van der Waals surface area (Å²) in [6.45, 7) is 6.70. The predicted molar refractivity (Wildman–Crippen MR) is 85.4 cm³/mol. The van der Waals surface area contributed by atoms with Crippen molar-refractivity contribution in [1.82, 2.24) is 10.2 Å². The number of likely N-dealkylation sites (tertiary alicyclic amines) is 1. The van der Waals surface area contributed by atoms with E-state index in [9.17, 15) is 10.1 Å². The molecule has 0 bridgehead atoms. The molecule has 1 aliphatic heterocycles. The largest absolute Gasteiger partial charge is 0.444 e. The highest BCUT2D eigenvalue weighted by molar-refractivity contribution is 5.68. The number of carbonyl (C=O) groups excluding carboxylic acids is 1. The van der Waals surface area contributed by atoms with Gasteiger partial charge in [-0.15, -0.1) is 0 Å². The number of carbonyl (C=O) groups is 1. The van der Waals surface area contributed by atoms with Crippen molar-refractivity contribution >= 4 is 6.09 Å². The second kappa shape index (κ2) is 6.87. The fraction of sp³-hybridized carbons (Fsp3) is 0.882. The molecule has 2 fully saturated rings. The van der Waals surface area contributed by atoms with Crippen molar-refractivity contribution in [2.75, 3.05) is 13.1 Å². The first-order chi connectivity index (χ1) is 10.3. The number of nitriles is 1. The molecule has 124 valence electrons. The number of nitrogens with zero attached hydrogens (tertiary/aromatic N) is 2. The van der Waals surface area contributed by atoms with E-state index in [0.717, 1.165) is 25.7 Å². The Morgan fingerprint density at radius 3 is 2.55 bits per heavy atom. The lowest BCUT2D eigenvalue weighted by Crippen LogP contribution is -2.60. The molecule has 5 nitrogen and oxygen atoms in total. The van der Waals surface area contributed by atoms with Gasteiger partial charge >= 0.3 is 6.09 Å². The highest BCUT2D eigenvalue weighted by Gasteiger charge is 2.40. The van der Waals surface area contributed by atoms with Crippen molar-refractivity contribution in [3.05, 3.63) is 0 Å². The van der Waals surface area contributed by atoms with E-state index < -0.39 is 11.1 Å². The third-order valence-electron chi connectivity index (χ3n) is 4.44. The molecule has 0 aromatic rings. The average molecular weight is 307 g/mol. The van der Waals surface area contributed by atoms with Gasteiger partial charge in [0.25, 0.3) is 0 Å². The van der Waals surface area contributed by atoms with E-state index in [1.807, 2.05) is 20.8 Å². The summed E-state index contributed by atoms with van der Waals surface area (Å²) >= 11 is 0. The summed E-state index contributed by atoms with van der Waals surface area (Å²) in [5.74, 6) is 0. The number of nitrogens with one attached hydrogen (secondary N) is 1. The van der Waals surface area contributed by atoms with Crippen LogP contribution in [0.4, 0.5) is 4.79 Å². The molecule has 1 atom stereocenters.